The minimum atomic E-state index is -1.40. The standard InChI is InChI=1S/C18H13F4N3O5/c19-8-2-1-7(5-9(8)20)24-16(26)14-11(22)6-10(21)13-12(3-4-29-15(13)14)25-18(28)30-17(23)27/h1-2,5-6,12H,3-4H2,(H2,23,27)(H,24,26)(H,25,28)/t12-/m0/s1. The molecule has 0 fully saturated rings. The molecule has 1 aliphatic rings. The van der Waals surface area contributed by atoms with Crippen LogP contribution in [0, 0.1) is 23.3 Å². The number of amides is 3. The van der Waals surface area contributed by atoms with Crippen molar-refractivity contribution in [1.29, 1.82) is 0 Å². The Morgan fingerprint density at radius 1 is 1.03 bits per heavy atom. The zero-order valence-electron chi connectivity index (χ0n) is 14.9. The van der Waals surface area contributed by atoms with Gasteiger partial charge < -0.3 is 25.8 Å². The zero-order valence-corrected chi connectivity index (χ0v) is 14.9. The molecule has 1 aliphatic heterocycles. The first kappa shape index (κ1) is 20.9. The van der Waals surface area contributed by atoms with E-state index in [1.54, 1.807) is 0 Å². The summed E-state index contributed by atoms with van der Waals surface area (Å²) in [5.74, 6) is -6.44. The molecular weight excluding hydrogens is 414 g/mol. The van der Waals surface area contributed by atoms with Crippen LogP contribution in [-0.4, -0.2) is 24.7 Å². The summed E-state index contributed by atoms with van der Waals surface area (Å²) in [5.41, 5.74) is 3.46. The van der Waals surface area contributed by atoms with Crippen molar-refractivity contribution in [3.8, 4) is 5.75 Å². The Kier molecular flexibility index (Phi) is 5.76. The van der Waals surface area contributed by atoms with Crippen molar-refractivity contribution in [2.45, 2.75) is 12.5 Å². The molecule has 158 valence electrons. The van der Waals surface area contributed by atoms with Gasteiger partial charge in [0.05, 0.1) is 18.2 Å². The van der Waals surface area contributed by atoms with Gasteiger partial charge in [0.25, 0.3) is 5.91 Å². The van der Waals surface area contributed by atoms with E-state index in [0.717, 1.165) is 12.1 Å². The van der Waals surface area contributed by atoms with Crippen LogP contribution < -0.4 is 21.1 Å². The van der Waals surface area contributed by atoms with Gasteiger partial charge in [0.1, 0.15) is 22.9 Å². The van der Waals surface area contributed by atoms with Gasteiger partial charge in [0, 0.05) is 24.2 Å². The molecule has 0 saturated carbocycles. The maximum atomic E-state index is 14.4. The number of halogens is 4. The Labute approximate surface area is 165 Å². The van der Waals surface area contributed by atoms with Crippen molar-refractivity contribution in [2.75, 3.05) is 11.9 Å². The van der Waals surface area contributed by atoms with E-state index in [0.29, 0.717) is 12.1 Å². The minimum Gasteiger partial charge on any atom is -0.492 e. The Morgan fingerprint density at radius 2 is 1.77 bits per heavy atom. The van der Waals surface area contributed by atoms with Crippen LogP contribution in [0.3, 0.4) is 0 Å². The summed E-state index contributed by atoms with van der Waals surface area (Å²) < 4.78 is 64.6. The molecule has 0 unspecified atom stereocenters. The number of carbonyl (C=O) groups excluding carboxylic acids is 3. The molecule has 0 saturated heterocycles. The lowest BCUT2D eigenvalue weighted by Crippen LogP contribution is -2.36. The largest absolute Gasteiger partial charge is 0.492 e. The van der Waals surface area contributed by atoms with E-state index in [2.05, 4.69) is 15.4 Å². The van der Waals surface area contributed by atoms with Gasteiger partial charge >= 0.3 is 12.2 Å². The molecule has 0 aliphatic carbocycles. The normalized spacial score (nSPS) is 14.9. The molecule has 2 aromatic rings. The molecule has 1 heterocycles. The van der Waals surface area contributed by atoms with E-state index in [9.17, 15) is 31.9 Å². The number of benzene rings is 2. The third kappa shape index (κ3) is 4.26. The highest BCUT2D eigenvalue weighted by atomic mass is 19.2. The summed E-state index contributed by atoms with van der Waals surface area (Å²) >= 11 is 0. The second kappa shape index (κ2) is 8.27. The van der Waals surface area contributed by atoms with Crippen molar-refractivity contribution in [1.82, 2.24) is 5.32 Å². The number of hydrogen-bond acceptors (Lipinski definition) is 5. The maximum Gasteiger partial charge on any atom is 0.416 e. The molecule has 0 radical (unpaired) electrons. The summed E-state index contributed by atoms with van der Waals surface area (Å²) in [6, 6.07) is 1.74. The van der Waals surface area contributed by atoms with Gasteiger partial charge in [-0.05, 0) is 12.1 Å². The maximum absolute atomic E-state index is 14.4. The van der Waals surface area contributed by atoms with Crippen LogP contribution in [-0.2, 0) is 4.74 Å². The second-order valence-corrected chi connectivity index (χ2v) is 6.08. The SMILES string of the molecule is NC(=O)OC(=O)N[C@H]1CCOc2c(C(=O)Nc3ccc(F)c(F)c3)c(F)cc(F)c21. The second-order valence-electron chi connectivity index (χ2n) is 6.08. The number of nitrogens with one attached hydrogen (secondary N) is 2. The number of ether oxygens (including phenoxy) is 2. The van der Waals surface area contributed by atoms with Crippen molar-refractivity contribution >= 4 is 23.8 Å². The molecule has 0 bridgehead atoms. The smallest absolute Gasteiger partial charge is 0.416 e. The number of hydrogen-bond donors (Lipinski definition) is 3. The lowest BCUT2D eigenvalue weighted by Gasteiger charge is -2.28. The van der Waals surface area contributed by atoms with E-state index < -0.39 is 58.7 Å². The fraction of sp³-hybridized carbons (Fsp3) is 0.167. The predicted molar refractivity (Wildman–Crippen MR) is 92.7 cm³/mol. The van der Waals surface area contributed by atoms with Gasteiger partial charge in [-0.1, -0.05) is 0 Å². The average molecular weight is 427 g/mol. The zero-order chi connectivity index (χ0) is 22.0. The highest BCUT2D eigenvalue weighted by Gasteiger charge is 2.33. The number of alkyl carbamates (subject to hydrolysis) is 1. The number of rotatable bonds is 3. The molecule has 0 spiro atoms. The van der Waals surface area contributed by atoms with E-state index in [4.69, 9.17) is 10.5 Å². The highest BCUT2D eigenvalue weighted by Crippen LogP contribution is 2.39. The number of nitrogens with two attached hydrogens (primary N) is 1. The first-order valence-electron chi connectivity index (χ1n) is 8.36. The lowest BCUT2D eigenvalue weighted by molar-refractivity contribution is 0.101. The number of fused-ring (bicyclic) bond motifs is 1. The molecule has 3 rings (SSSR count). The Balaban J connectivity index is 1.95. The van der Waals surface area contributed by atoms with Crippen molar-refractivity contribution < 1.29 is 41.4 Å². The van der Waals surface area contributed by atoms with Gasteiger partial charge in [-0.3, -0.25) is 4.79 Å². The molecular formula is C18H13F4N3O5. The fourth-order valence-corrected chi connectivity index (χ4v) is 2.90. The first-order chi connectivity index (χ1) is 14.2. The van der Waals surface area contributed by atoms with Crippen LogP contribution in [0.25, 0.3) is 0 Å². The van der Waals surface area contributed by atoms with E-state index in [1.165, 1.54) is 0 Å². The predicted octanol–water partition coefficient (Wildman–Crippen LogP) is 3.12. The third-order valence-corrected chi connectivity index (χ3v) is 4.11. The average Bonchev–Trinajstić information content (AvgIpc) is 2.63. The first-order valence-corrected chi connectivity index (χ1v) is 8.36. The number of primary amides is 1. The van der Waals surface area contributed by atoms with E-state index in [1.807, 2.05) is 0 Å². The fourth-order valence-electron chi connectivity index (χ4n) is 2.90. The molecule has 30 heavy (non-hydrogen) atoms. The van der Waals surface area contributed by atoms with Gasteiger partial charge in [-0.2, -0.15) is 0 Å². The van der Waals surface area contributed by atoms with E-state index in [-0.39, 0.29) is 24.3 Å². The van der Waals surface area contributed by atoms with Crippen molar-refractivity contribution in [2.24, 2.45) is 5.73 Å². The van der Waals surface area contributed by atoms with Crippen LogP contribution in [0.5, 0.6) is 5.75 Å². The van der Waals surface area contributed by atoms with Crippen molar-refractivity contribution in [3.63, 3.8) is 0 Å². The highest BCUT2D eigenvalue weighted by molar-refractivity contribution is 6.06. The van der Waals surface area contributed by atoms with Crippen LogP contribution in [0.1, 0.15) is 28.4 Å². The van der Waals surface area contributed by atoms with Gasteiger partial charge in [0.15, 0.2) is 11.6 Å². The van der Waals surface area contributed by atoms with Crippen molar-refractivity contribution in [3.05, 3.63) is 58.7 Å². The molecule has 0 aromatic heterocycles. The van der Waals surface area contributed by atoms with Gasteiger partial charge in [-0.25, -0.2) is 27.2 Å². The third-order valence-electron chi connectivity index (χ3n) is 4.11. The van der Waals surface area contributed by atoms with Crippen LogP contribution in [0.2, 0.25) is 0 Å². The minimum absolute atomic E-state index is 0.00759. The van der Waals surface area contributed by atoms with Crippen LogP contribution >= 0.6 is 0 Å². The summed E-state index contributed by atoms with van der Waals surface area (Å²) in [6.07, 6.45) is -2.67. The molecule has 4 N–H and O–H groups in total. The molecule has 2 aromatic carbocycles. The summed E-state index contributed by atoms with van der Waals surface area (Å²) in [5, 5.41) is 4.33. The topological polar surface area (TPSA) is 120 Å². The van der Waals surface area contributed by atoms with Crippen LogP contribution in [0.15, 0.2) is 24.3 Å². The van der Waals surface area contributed by atoms with E-state index >= 15 is 0 Å². The molecule has 1 atom stereocenters. The Bertz CT molecular complexity index is 1050. The summed E-state index contributed by atoms with van der Waals surface area (Å²) in [6.45, 7) is -0.150. The Morgan fingerprint density at radius 3 is 2.43 bits per heavy atom. The monoisotopic (exact) mass is 427 g/mol. The lowest BCUT2D eigenvalue weighted by atomic mass is 9.96. The van der Waals surface area contributed by atoms with Gasteiger partial charge in [-0.15, -0.1) is 0 Å². The van der Waals surface area contributed by atoms with Gasteiger partial charge in [0.2, 0.25) is 0 Å². The Hall–Kier alpha value is -3.83. The summed E-state index contributed by atoms with van der Waals surface area (Å²) in [7, 11) is 0. The quantitative estimate of drug-likeness (QED) is 0.514. The molecule has 8 nitrogen and oxygen atoms in total. The summed E-state index contributed by atoms with van der Waals surface area (Å²) in [4.78, 5) is 34.8. The molecule has 3 amide bonds. The number of anilines is 1. The molecule has 12 heteroatoms. The number of carbonyl (C=O) groups is 3. The van der Waals surface area contributed by atoms with Crippen LogP contribution in [0.4, 0.5) is 32.8 Å².